The van der Waals surface area contributed by atoms with Gasteiger partial charge in [0, 0.05) is 26.7 Å². The summed E-state index contributed by atoms with van der Waals surface area (Å²) in [6.07, 6.45) is 0. The zero-order valence-corrected chi connectivity index (χ0v) is 12.1. The third kappa shape index (κ3) is 3.01. The van der Waals surface area contributed by atoms with Crippen LogP contribution in [0.3, 0.4) is 0 Å². The molecule has 0 amide bonds. The lowest BCUT2D eigenvalue weighted by Crippen LogP contribution is -1.98. The molecule has 0 heterocycles. The van der Waals surface area contributed by atoms with E-state index in [1.165, 1.54) is 25.1 Å². The molecule has 0 fully saturated rings. The van der Waals surface area contributed by atoms with Crippen LogP contribution >= 0.6 is 27.5 Å². The Bertz CT molecular complexity index is 650. The Labute approximate surface area is 122 Å². The average Bonchev–Trinajstić information content (AvgIpc) is 2.25. The highest BCUT2D eigenvalue weighted by atomic mass is 79.9. The monoisotopic (exact) mass is 344 g/mol. The van der Waals surface area contributed by atoms with Gasteiger partial charge in [-0.2, -0.15) is 0 Å². The van der Waals surface area contributed by atoms with Crippen molar-refractivity contribution in [3.8, 4) is 11.1 Å². The van der Waals surface area contributed by atoms with Crippen molar-refractivity contribution in [2.75, 3.05) is 0 Å². The number of hydrogen-bond acceptors (Lipinski definition) is 1. The van der Waals surface area contributed by atoms with Crippen LogP contribution in [0.15, 0.2) is 34.8 Å². The summed E-state index contributed by atoms with van der Waals surface area (Å²) in [4.78, 5) is 11.6. The molecule has 0 aliphatic carbocycles. The van der Waals surface area contributed by atoms with Gasteiger partial charge in [-0.25, -0.2) is 8.78 Å². The van der Waals surface area contributed by atoms with E-state index in [1.54, 1.807) is 6.07 Å². The van der Waals surface area contributed by atoms with Crippen LogP contribution in [0.25, 0.3) is 11.1 Å². The fraction of sp³-hybridized carbons (Fsp3) is 0.0714. The normalized spacial score (nSPS) is 10.6. The molecule has 2 rings (SSSR count). The van der Waals surface area contributed by atoms with Gasteiger partial charge in [-0.05, 0) is 36.8 Å². The topological polar surface area (TPSA) is 17.1 Å². The smallest absolute Gasteiger partial charge is 0.160 e. The van der Waals surface area contributed by atoms with Gasteiger partial charge in [-0.1, -0.05) is 27.5 Å². The third-order valence-electron chi connectivity index (χ3n) is 2.59. The van der Waals surface area contributed by atoms with Crippen LogP contribution in [-0.4, -0.2) is 5.78 Å². The number of hydrogen-bond donors (Lipinski definition) is 0. The molecule has 0 radical (unpaired) electrons. The van der Waals surface area contributed by atoms with Gasteiger partial charge in [-0.15, -0.1) is 0 Å². The molecule has 0 bridgehead atoms. The number of ketones is 1. The first-order chi connectivity index (χ1) is 8.88. The molecular formula is C14H8BrClF2O. The minimum Gasteiger partial charge on any atom is -0.294 e. The molecule has 0 spiro atoms. The van der Waals surface area contributed by atoms with Crippen molar-refractivity contribution in [3.63, 3.8) is 0 Å². The number of carbonyl (C=O) groups is 1. The molecule has 98 valence electrons. The lowest BCUT2D eigenvalue weighted by Gasteiger charge is -2.11. The summed E-state index contributed by atoms with van der Waals surface area (Å²) in [7, 11) is 0. The molecule has 2 aromatic carbocycles. The average molecular weight is 346 g/mol. The summed E-state index contributed by atoms with van der Waals surface area (Å²) < 4.78 is 27.1. The zero-order valence-electron chi connectivity index (χ0n) is 9.81. The molecule has 0 aromatic heterocycles. The second-order valence-electron chi connectivity index (χ2n) is 4.02. The Balaban J connectivity index is 2.77. The van der Waals surface area contributed by atoms with Gasteiger partial charge < -0.3 is 0 Å². The predicted molar refractivity (Wildman–Crippen MR) is 74.5 cm³/mol. The molecule has 0 unspecified atom stereocenters. The van der Waals surface area contributed by atoms with Crippen LogP contribution in [0.4, 0.5) is 8.78 Å². The third-order valence-corrected chi connectivity index (χ3v) is 3.43. The quantitative estimate of drug-likeness (QED) is 0.679. The van der Waals surface area contributed by atoms with Crippen molar-refractivity contribution < 1.29 is 13.6 Å². The first kappa shape index (κ1) is 14.2. The summed E-state index contributed by atoms with van der Waals surface area (Å²) in [6, 6.07) is 6.17. The maximum absolute atomic E-state index is 13.3. The molecule has 0 saturated heterocycles. The van der Waals surface area contributed by atoms with Crippen molar-refractivity contribution >= 4 is 33.3 Å². The number of carbonyl (C=O) groups excluding carboxylic acids is 1. The van der Waals surface area contributed by atoms with E-state index < -0.39 is 11.6 Å². The van der Waals surface area contributed by atoms with Crippen molar-refractivity contribution in [3.05, 3.63) is 57.0 Å². The van der Waals surface area contributed by atoms with E-state index in [0.29, 0.717) is 20.6 Å². The fourth-order valence-corrected chi connectivity index (χ4v) is 2.88. The second-order valence-corrected chi connectivity index (χ2v) is 5.32. The van der Waals surface area contributed by atoms with Crippen molar-refractivity contribution in [2.24, 2.45) is 0 Å². The first-order valence-corrected chi connectivity index (χ1v) is 6.52. The van der Waals surface area contributed by atoms with E-state index in [0.717, 1.165) is 6.07 Å². The van der Waals surface area contributed by atoms with E-state index in [2.05, 4.69) is 15.9 Å². The van der Waals surface area contributed by atoms with Crippen LogP contribution in [0.5, 0.6) is 0 Å². The molecule has 0 N–H and O–H groups in total. The molecule has 2 aromatic rings. The van der Waals surface area contributed by atoms with E-state index in [9.17, 15) is 13.6 Å². The molecule has 0 aliphatic heterocycles. The maximum atomic E-state index is 13.3. The number of benzene rings is 2. The van der Waals surface area contributed by atoms with Crippen molar-refractivity contribution in [2.45, 2.75) is 6.92 Å². The van der Waals surface area contributed by atoms with Crippen molar-refractivity contribution in [1.29, 1.82) is 0 Å². The summed E-state index contributed by atoms with van der Waals surface area (Å²) in [5.41, 5.74) is 1.02. The van der Waals surface area contributed by atoms with Gasteiger partial charge in [-0.3, -0.25) is 4.79 Å². The fourth-order valence-electron chi connectivity index (χ4n) is 1.84. The van der Waals surface area contributed by atoms with Crippen LogP contribution in [0.2, 0.25) is 5.02 Å². The standard InChI is InChI=1S/C14H8BrClF2O/c1-7(19)12-4-9(16)5-13(15)14(12)8-2-10(17)6-11(18)3-8/h2-6H,1H3. The van der Waals surface area contributed by atoms with Gasteiger partial charge in [0.1, 0.15) is 11.6 Å². The van der Waals surface area contributed by atoms with Gasteiger partial charge >= 0.3 is 0 Å². The van der Waals surface area contributed by atoms with Crippen LogP contribution in [-0.2, 0) is 0 Å². The second kappa shape index (κ2) is 5.39. The number of rotatable bonds is 2. The molecule has 0 atom stereocenters. The van der Waals surface area contributed by atoms with Crippen LogP contribution < -0.4 is 0 Å². The summed E-state index contributed by atoms with van der Waals surface area (Å²) in [6.45, 7) is 1.37. The predicted octanol–water partition coefficient (Wildman–Crippen LogP) is 5.25. The Morgan fingerprint density at radius 1 is 1.11 bits per heavy atom. The van der Waals surface area contributed by atoms with Crippen LogP contribution in [0.1, 0.15) is 17.3 Å². The van der Waals surface area contributed by atoms with E-state index >= 15 is 0 Å². The summed E-state index contributed by atoms with van der Waals surface area (Å²) in [5.74, 6) is -1.64. The number of halogens is 4. The largest absolute Gasteiger partial charge is 0.294 e. The SMILES string of the molecule is CC(=O)c1cc(Cl)cc(Br)c1-c1cc(F)cc(F)c1. The lowest BCUT2D eigenvalue weighted by molar-refractivity contribution is 0.101. The Morgan fingerprint density at radius 3 is 2.21 bits per heavy atom. The molecule has 0 aliphatic rings. The van der Waals surface area contributed by atoms with Gasteiger partial charge in [0.25, 0.3) is 0 Å². The molecule has 0 saturated carbocycles. The molecular weight excluding hydrogens is 338 g/mol. The number of Topliss-reactive ketones (excluding diaryl/α,β-unsaturated/α-hetero) is 1. The van der Waals surface area contributed by atoms with Crippen LogP contribution in [0, 0.1) is 11.6 Å². The Hall–Kier alpha value is -1.26. The molecule has 1 nitrogen and oxygen atoms in total. The highest BCUT2D eigenvalue weighted by molar-refractivity contribution is 9.10. The maximum Gasteiger partial charge on any atom is 0.160 e. The Kier molecular flexibility index (Phi) is 4.02. The first-order valence-electron chi connectivity index (χ1n) is 5.35. The minimum absolute atomic E-state index is 0.233. The van der Waals surface area contributed by atoms with E-state index in [4.69, 9.17) is 11.6 Å². The lowest BCUT2D eigenvalue weighted by atomic mass is 9.97. The molecule has 19 heavy (non-hydrogen) atoms. The Morgan fingerprint density at radius 2 is 1.68 bits per heavy atom. The highest BCUT2D eigenvalue weighted by Crippen LogP contribution is 2.35. The van der Waals surface area contributed by atoms with Gasteiger partial charge in [0.2, 0.25) is 0 Å². The molecule has 5 heteroatoms. The highest BCUT2D eigenvalue weighted by Gasteiger charge is 2.15. The summed E-state index contributed by atoms with van der Waals surface area (Å²) >= 11 is 9.16. The zero-order chi connectivity index (χ0) is 14.2. The van der Waals surface area contributed by atoms with Gasteiger partial charge in [0.05, 0.1) is 0 Å². The van der Waals surface area contributed by atoms with Gasteiger partial charge in [0.15, 0.2) is 5.78 Å². The van der Waals surface area contributed by atoms with Crippen molar-refractivity contribution in [1.82, 2.24) is 0 Å². The van der Waals surface area contributed by atoms with E-state index in [-0.39, 0.29) is 11.3 Å². The summed E-state index contributed by atoms with van der Waals surface area (Å²) in [5, 5.41) is 0.373. The minimum atomic E-state index is -0.702. The van der Waals surface area contributed by atoms with E-state index in [1.807, 2.05) is 0 Å².